The molecular formula is C37H74N2. The molecule has 1 unspecified atom stereocenters. The Morgan fingerprint density at radius 1 is 0.333 bits per heavy atom. The number of hydrogen-bond acceptors (Lipinski definition) is 2. The molecule has 1 atom stereocenters. The van der Waals surface area contributed by atoms with Crippen LogP contribution in [0.2, 0.25) is 0 Å². The van der Waals surface area contributed by atoms with Gasteiger partial charge in [-0.15, -0.1) is 0 Å². The fourth-order valence-corrected chi connectivity index (χ4v) is 6.36. The average Bonchev–Trinajstić information content (AvgIpc) is 3.33. The van der Waals surface area contributed by atoms with Gasteiger partial charge >= 0.3 is 0 Å². The molecule has 0 aliphatic carbocycles. The Bertz CT molecular complexity index is 502. The van der Waals surface area contributed by atoms with Gasteiger partial charge in [-0.25, -0.2) is 0 Å². The molecule has 0 radical (unpaired) electrons. The molecule has 0 aromatic heterocycles. The zero-order valence-corrected chi connectivity index (χ0v) is 27.5. The Morgan fingerprint density at radius 3 is 0.897 bits per heavy atom. The largest absolute Gasteiger partial charge is 0.356 e. The van der Waals surface area contributed by atoms with Gasteiger partial charge in [0.15, 0.2) is 0 Å². The molecule has 39 heavy (non-hydrogen) atoms. The van der Waals surface area contributed by atoms with E-state index in [0.29, 0.717) is 6.17 Å². The van der Waals surface area contributed by atoms with Crippen LogP contribution in [-0.4, -0.2) is 29.1 Å². The van der Waals surface area contributed by atoms with Crippen molar-refractivity contribution in [3.63, 3.8) is 0 Å². The third kappa shape index (κ3) is 21.7. The third-order valence-corrected chi connectivity index (χ3v) is 9.07. The summed E-state index contributed by atoms with van der Waals surface area (Å²) >= 11 is 0. The molecule has 0 fully saturated rings. The molecule has 0 aromatic rings. The van der Waals surface area contributed by atoms with Crippen LogP contribution in [0.3, 0.4) is 0 Å². The number of nitrogens with zero attached hydrogens (tertiary/aromatic N) is 2. The van der Waals surface area contributed by atoms with Gasteiger partial charge in [0.25, 0.3) is 0 Å². The highest BCUT2D eigenvalue weighted by molar-refractivity contribution is 4.97. The summed E-state index contributed by atoms with van der Waals surface area (Å²) in [5.74, 6) is 0. The van der Waals surface area contributed by atoms with E-state index in [1.807, 2.05) is 0 Å². The summed E-state index contributed by atoms with van der Waals surface area (Å²) in [5, 5.41) is 0. The maximum Gasteiger partial charge on any atom is 0.101 e. The zero-order valence-electron chi connectivity index (χ0n) is 27.5. The van der Waals surface area contributed by atoms with Crippen LogP contribution in [0.15, 0.2) is 12.4 Å². The molecule has 1 aliphatic rings. The van der Waals surface area contributed by atoms with Gasteiger partial charge in [0.05, 0.1) is 0 Å². The predicted molar refractivity (Wildman–Crippen MR) is 177 cm³/mol. The van der Waals surface area contributed by atoms with Gasteiger partial charge in [0, 0.05) is 25.5 Å². The smallest absolute Gasteiger partial charge is 0.101 e. The summed E-state index contributed by atoms with van der Waals surface area (Å²) in [7, 11) is 0. The van der Waals surface area contributed by atoms with Crippen molar-refractivity contribution >= 4 is 0 Å². The van der Waals surface area contributed by atoms with Crippen LogP contribution >= 0.6 is 0 Å². The summed E-state index contributed by atoms with van der Waals surface area (Å²) in [5.41, 5.74) is 0. The SMILES string of the molecule is CCCCCCCCCCCCCCCN1C=CN(CCCCCCCCCCCC)C1CCCCCCC. The summed E-state index contributed by atoms with van der Waals surface area (Å²) in [6, 6.07) is 0. The molecule has 1 rings (SSSR count). The van der Waals surface area contributed by atoms with Crippen LogP contribution < -0.4 is 0 Å². The topological polar surface area (TPSA) is 6.48 Å². The van der Waals surface area contributed by atoms with Gasteiger partial charge in [-0.05, 0) is 25.7 Å². The summed E-state index contributed by atoms with van der Waals surface area (Å²) < 4.78 is 0. The van der Waals surface area contributed by atoms with Crippen molar-refractivity contribution < 1.29 is 0 Å². The second-order valence-corrected chi connectivity index (χ2v) is 12.9. The molecular weight excluding hydrogens is 472 g/mol. The van der Waals surface area contributed by atoms with E-state index >= 15 is 0 Å². The Morgan fingerprint density at radius 2 is 0.590 bits per heavy atom. The van der Waals surface area contributed by atoms with Crippen molar-refractivity contribution in [3.8, 4) is 0 Å². The molecule has 0 N–H and O–H groups in total. The predicted octanol–water partition coefficient (Wildman–Crippen LogP) is 12.8. The molecule has 2 heteroatoms. The Hall–Kier alpha value is -0.660. The summed E-state index contributed by atoms with van der Waals surface area (Å²) in [6.07, 6.45) is 47.0. The highest BCUT2D eigenvalue weighted by Gasteiger charge is 2.24. The van der Waals surface area contributed by atoms with Gasteiger partial charge in [-0.1, -0.05) is 181 Å². The number of rotatable bonds is 31. The molecule has 232 valence electrons. The lowest BCUT2D eigenvalue weighted by molar-refractivity contribution is 0.135. The van der Waals surface area contributed by atoms with E-state index in [2.05, 4.69) is 43.0 Å². The Kier molecular flexibility index (Phi) is 26.9. The minimum Gasteiger partial charge on any atom is -0.356 e. The number of unbranched alkanes of at least 4 members (excludes halogenated alkanes) is 25. The van der Waals surface area contributed by atoms with E-state index in [1.54, 1.807) is 0 Å². The molecule has 0 saturated heterocycles. The normalized spacial score (nSPS) is 15.2. The summed E-state index contributed by atoms with van der Waals surface area (Å²) in [4.78, 5) is 5.40. The van der Waals surface area contributed by atoms with Crippen LogP contribution in [-0.2, 0) is 0 Å². The molecule has 0 aromatic carbocycles. The van der Waals surface area contributed by atoms with Crippen molar-refractivity contribution in [1.82, 2.24) is 9.80 Å². The zero-order chi connectivity index (χ0) is 28.1. The van der Waals surface area contributed by atoms with Crippen molar-refractivity contribution in [2.24, 2.45) is 0 Å². The quantitative estimate of drug-likeness (QED) is 0.0798. The van der Waals surface area contributed by atoms with Gasteiger partial charge in [0.2, 0.25) is 0 Å². The minimum atomic E-state index is 0.641. The first-order valence-corrected chi connectivity index (χ1v) is 18.5. The molecule has 0 amide bonds. The maximum atomic E-state index is 2.70. The third-order valence-electron chi connectivity index (χ3n) is 9.07. The van der Waals surface area contributed by atoms with Gasteiger partial charge in [0.1, 0.15) is 6.17 Å². The molecule has 2 nitrogen and oxygen atoms in total. The van der Waals surface area contributed by atoms with Crippen LogP contribution in [0.5, 0.6) is 0 Å². The summed E-state index contributed by atoms with van der Waals surface area (Å²) in [6.45, 7) is 9.48. The van der Waals surface area contributed by atoms with Crippen molar-refractivity contribution in [2.45, 2.75) is 213 Å². The molecule has 0 saturated carbocycles. The van der Waals surface area contributed by atoms with E-state index in [4.69, 9.17) is 0 Å². The molecule has 1 aliphatic heterocycles. The van der Waals surface area contributed by atoms with Crippen molar-refractivity contribution in [3.05, 3.63) is 12.4 Å². The lowest BCUT2D eigenvalue weighted by atomic mass is 10.0. The van der Waals surface area contributed by atoms with Crippen LogP contribution in [0.1, 0.15) is 207 Å². The minimum absolute atomic E-state index is 0.641. The van der Waals surface area contributed by atoms with Crippen molar-refractivity contribution in [1.29, 1.82) is 0 Å². The van der Waals surface area contributed by atoms with Gasteiger partial charge in [-0.2, -0.15) is 0 Å². The highest BCUT2D eigenvalue weighted by Crippen LogP contribution is 2.24. The molecule has 0 spiro atoms. The second kappa shape index (κ2) is 28.9. The molecule has 0 bridgehead atoms. The highest BCUT2D eigenvalue weighted by atomic mass is 15.4. The first kappa shape index (κ1) is 36.4. The van der Waals surface area contributed by atoms with Crippen molar-refractivity contribution in [2.75, 3.05) is 13.1 Å². The monoisotopic (exact) mass is 547 g/mol. The first-order chi connectivity index (χ1) is 19.3. The van der Waals surface area contributed by atoms with E-state index in [1.165, 1.54) is 199 Å². The molecule has 1 heterocycles. The second-order valence-electron chi connectivity index (χ2n) is 12.9. The van der Waals surface area contributed by atoms with Crippen LogP contribution in [0.25, 0.3) is 0 Å². The number of hydrogen-bond donors (Lipinski definition) is 0. The fourth-order valence-electron chi connectivity index (χ4n) is 6.36. The lowest BCUT2D eigenvalue weighted by Gasteiger charge is -2.33. The maximum absolute atomic E-state index is 2.70. The van der Waals surface area contributed by atoms with E-state index < -0.39 is 0 Å². The first-order valence-electron chi connectivity index (χ1n) is 18.5. The fraction of sp³-hybridized carbons (Fsp3) is 0.946. The van der Waals surface area contributed by atoms with Crippen LogP contribution in [0, 0.1) is 0 Å². The Labute approximate surface area is 248 Å². The van der Waals surface area contributed by atoms with E-state index in [9.17, 15) is 0 Å². The van der Waals surface area contributed by atoms with Gasteiger partial charge < -0.3 is 9.80 Å². The standard InChI is InChI=1S/C37H74N2/c1-4-7-10-13-15-17-19-20-21-23-25-28-31-34-39-36-35-38(37(39)32-29-26-12-9-6-3)33-30-27-24-22-18-16-14-11-8-5-2/h35-37H,4-34H2,1-3H3. The van der Waals surface area contributed by atoms with E-state index in [0.717, 1.165) is 0 Å². The average molecular weight is 547 g/mol. The van der Waals surface area contributed by atoms with Crippen LogP contribution in [0.4, 0.5) is 0 Å². The Balaban J connectivity index is 2.15. The lowest BCUT2D eigenvalue weighted by Crippen LogP contribution is -2.39. The van der Waals surface area contributed by atoms with Gasteiger partial charge in [-0.3, -0.25) is 0 Å². The van der Waals surface area contributed by atoms with E-state index in [-0.39, 0.29) is 0 Å².